The second kappa shape index (κ2) is 7.77. The minimum atomic E-state index is 0.255. The fourth-order valence-electron chi connectivity index (χ4n) is 5.61. The molecule has 3 saturated carbocycles. The molecule has 27 heavy (non-hydrogen) atoms. The minimum absolute atomic E-state index is 0.255. The van der Waals surface area contributed by atoms with Crippen LogP contribution in [0.1, 0.15) is 50.8 Å². The molecule has 144 valence electrons. The van der Waals surface area contributed by atoms with Gasteiger partial charge < -0.3 is 10.6 Å². The van der Waals surface area contributed by atoms with E-state index in [0.717, 1.165) is 30.8 Å². The van der Waals surface area contributed by atoms with E-state index in [1.54, 1.807) is 0 Å². The van der Waals surface area contributed by atoms with Gasteiger partial charge in [-0.2, -0.15) is 0 Å². The van der Waals surface area contributed by atoms with Gasteiger partial charge in [0.25, 0.3) is 0 Å². The third kappa shape index (κ3) is 3.70. The summed E-state index contributed by atoms with van der Waals surface area (Å²) < 4.78 is 0. The molecule has 0 radical (unpaired) electrons. The topological polar surface area (TPSA) is 24.1 Å². The summed E-state index contributed by atoms with van der Waals surface area (Å²) in [5.41, 5.74) is 3.23. The highest BCUT2D eigenvalue weighted by molar-refractivity contribution is 5.31. The van der Waals surface area contributed by atoms with Gasteiger partial charge in [0.1, 0.15) is 0 Å². The van der Waals surface area contributed by atoms with Crippen molar-refractivity contribution >= 4 is 0 Å². The van der Waals surface area contributed by atoms with Crippen LogP contribution in [0.15, 0.2) is 60.7 Å². The number of benzene rings is 2. The van der Waals surface area contributed by atoms with Crippen molar-refractivity contribution < 1.29 is 0 Å². The molecule has 0 aromatic heterocycles. The van der Waals surface area contributed by atoms with E-state index >= 15 is 0 Å². The molecule has 2 N–H and O–H groups in total. The number of rotatable bonds is 7. The lowest BCUT2D eigenvalue weighted by Crippen LogP contribution is -2.60. The summed E-state index contributed by atoms with van der Waals surface area (Å²) >= 11 is 0. The zero-order chi connectivity index (χ0) is 18.9. The second-order valence-electron chi connectivity index (χ2n) is 9.22. The van der Waals surface area contributed by atoms with E-state index in [0.29, 0.717) is 11.5 Å². The van der Waals surface area contributed by atoms with Crippen LogP contribution in [0.25, 0.3) is 0 Å². The molecule has 0 saturated heterocycles. The number of fused-ring (bicyclic) bond motifs is 2. The van der Waals surface area contributed by atoms with E-state index in [4.69, 9.17) is 0 Å². The van der Waals surface area contributed by atoms with Crippen molar-refractivity contribution in [2.75, 3.05) is 13.1 Å². The lowest BCUT2D eigenvalue weighted by Gasteiger charge is -2.62. The molecule has 0 aliphatic heterocycles. The molecule has 0 spiro atoms. The summed E-state index contributed by atoms with van der Waals surface area (Å²) in [5.74, 6) is 2.62. The molecule has 3 aliphatic rings. The Bertz CT molecular complexity index is 685. The molecule has 2 aromatic carbocycles. The Hall–Kier alpha value is -1.64. The van der Waals surface area contributed by atoms with Crippen LogP contribution in [-0.2, 0) is 0 Å². The molecule has 3 fully saturated rings. The predicted octanol–water partition coefficient (Wildman–Crippen LogP) is 5.03. The minimum Gasteiger partial charge on any atom is -0.312 e. The van der Waals surface area contributed by atoms with Gasteiger partial charge >= 0.3 is 0 Å². The van der Waals surface area contributed by atoms with E-state index in [1.807, 2.05) is 0 Å². The maximum absolute atomic E-state index is 3.87. The Morgan fingerprint density at radius 1 is 0.889 bits per heavy atom. The lowest BCUT2D eigenvalue weighted by molar-refractivity contribution is -0.114. The van der Waals surface area contributed by atoms with Gasteiger partial charge in [-0.15, -0.1) is 0 Å². The summed E-state index contributed by atoms with van der Waals surface area (Å²) in [7, 11) is 0. The highest BCUT2D eigenvalue weighted by atomic mass is 15.0. The fraction of sp³-hybridized carbons (Fsp3) is 0.520. The lowest BCUT2D eigenvalue weighted by atomic mass is 9.45. The quantitative estimate of drug-likeness (QED) is 0.675. The fourth-order valence-corrected chi connectivity index (χ4v) is 5.61. The first-order chi connectivity index (χ1) is 13.1. The van der Waals surface area contributed by atoms with Crippen molar-refractivity contribution in [1.82, 2.24) is 10.6 Å². The molecule has 5 rings (SSSR count). The summed E-state index contributed by atoms with van der Waals surface area (Å²) in [6, 6.07) is 22.5. The number of hydrogen-bond acceptors (Lipinski definition) is 2. The Labute approximate surface area is 164 Å². The summed E-state index contributed by atoms with van der Waals surface area (Å²) in [6.45, 7) is 9.43. The Kier molecular flexibility index (Phi) is 5.39. The molecule has 2 bridgehead atoms. The van der Waals surface area contributed by atoms with Crippen LogP contribution in [0.5, 0.6) is 0 Å². The Balaban J connectivity index is 1.33. The molecular weight excluding hydrogens is 328 g/mol. The standard InChI is InChI=1S/C25H34N2/c1-18-22-16-21(25(22,2)3)17-23(18)26-14-15-27-24(19-10-6-4-7-11-19)20-12-8-5-9-13-20/h4-13,18,21-24,26-27H,14-17H2,1-3H3/t18-,21+,22?,23-/m1/s1. The van der Waals surface area contributed by atoms with Gasteiger partial charge in [0.05, 0.1) is 6.04 Å². The van der Waals surface area contributed by atoms with Crippen molar-refractivity contribution in [2.45, 2.75) is 45.7 Å². The van der Waals surface area contributed by atoms with Crippen LogP contribution in [0.3, 0.4) is 0 Å². The summed E-state index contributed by atoms with van der Waals surface area (Å²) in [5, 5.41) is 7.65. The van der Waals surface area contributed by atoms with Crippen molar-refractivity contribution in [1.29, 1.82) is 0 Å². The predicted molar refractivity (Wildman–Crippen MR) is 114 cm³/mol. The summed E-state index contributed by atoms with van der Waals surface area (Å²) in [4.78, 5) is 0. The summed E-state index contributed by atoms with van der Waals surface area (Å²) in [6.07, 6.45) is 2.81. The zero-order valence-electron chi connectivity index (χ0n) is 17.0. The molecule has 4 atom stereocenters. The smallest absolute Gasteiger partial charge is 0.0577 e. The number of hydrogen-bond donors (Lipinski definition) is 2. The van der Waals surface area contributed by atoms with E-state index in [2.05, 4.69) is 92.1 Å². The first-order valence-electron chi connectivity index (χ1n) is 10.6. The van der Waals surface area contributed by atoms with Crippen LogP contribution in [-0.4, -0.2) is 19.1 Å². The highest BCUT2D eigenvalue weighted by Crippen LogP contribution is 2.61. The number of nitrogens with one attached hydrogen (secondary N) is 2. The molecule has 3 aliphatic carbocycles. The Morgan fingerprint density at radius 3 is 2.00 bits per heavy atom. The average Bonchev–Trinajstić information content (AvgIpc) is 2.70. The van der Waals surface area contributed by atoms with Gasteiger partial charge in [0, 0.05) is 19.1 Å². The van der Waals surface area contributed by atoms with Crippen molar-refractivity contribution in [3.8, 4) is 0 Å². The van der Waals surface area contributed by atoms with E-state index < -0.39 is 0 Å². The SMILES string of the molecule is C[C@@H]1C2C[C@@H](C[C@H]1NCCNC(c1ccccc1)c1ccccc1)C2(C)C. The van der Waals surface area contributed by atoms with Crippen LogP contribution in [0.4, 0.5) is 0 Å². The van der Waals surface area contributed by atoms with E-state index in [1.165, 1.54) is 24.0 Å². The molecule has 0 amide bonds. The largest absolute Gasteiger partial charge is 0.312 e. The van der Waals surface area contributed by atoms with Crippen molar-refractivity contribution in [3.05, 3.63) is 71.8 Å². The van der Waals surface area contributed by atoms with Gasteiger partial charge in [-0.05, 0) is 47.1 Å². The first kappa shape index (κ1) is 18.7. The molecule has 0 heterocycles. The highest BCUT2D eigenvalue weighted by Gasteiger charge is 2.55. The maximum atomic E-state index is 3.87. The molecule has 2 aromatic rings. The van der Waals surface area contributed by atoms with Gasteiger partial charge in [-0.1, -0.05) is 81.4 Å². The molecular formula is C25H34N2. The van der Waals surface area contributed by atoms with Gasteiger partial charge in [0.2, 0.25) is 0 Å². The maximum Gasteiger partial charge on any atom is 0.0577 e. The van der Waals surface area contributed by atoms with Crippen LogP contribution >= 0.6 is 0 Å². The molecule has 2 heteroatoms. The van der Waals surface area contributed by atoms with Gasteiger partial charge in [0.15, 0.2) is 0 Å². The average molecular weight is 363 g/mol. The second-order valence-corrected chi connectivity index (χ2v) is 9.22. The van der Waals surface area contributed by atoms with Crippen LogP contribution in [0.2, 0.25) is 0 Å². The monoisotopic (exact) mass is 362 g/mol. The van der Waals surface area contributed by atoms with E-state index in [9.17, 15) is 0 Å². The van der Waals surface area contributed by atoms with Crippen LogP contribution < -0.4 is 10.6 Å². The van der Waals surface area contributed by atoms with E-state index in [-0.39, 0.29) is 6.04 Å². The third-order valence-corrected chi connectivity index (χ3v) is 7.50. The van der Waals surface area contributed by atoms with Crippen molar-refractivity contribution in [3.63, 3.8) is 0 Å². The normalized spacial score (nSPS) is 28.7. The van der Waals surface area contributed by atoms with Crippen LogP contribution in [0, 0.1) is 23.2 Å². The Morgan fingerprint density at radius 2 is 1.48 bits per heavy atom. The van der Waals surface area contributed by atoms with Gasteiger partial charge in [-0.3, -0.25) is 0 Å². The third-order valence-electron chi connectivity index (χ3n) is 7.50. The van der Waals surface area contributed by atoms with Gasteiger partial charge in [-0.25, -0.2) is 0 Å². The first-order valence-corrected chi connectivity index (χ1v) is 10.6. The van der Waals surface area contributed by atoms with Crippen molar-refractivity contribution in [2.24, 2.45) is 23.2 Å². The molecule has 2 nitrogen and oxygen atoms in total. The molecule has 1 unspecified atom stereocenters. The zero-order valence-corrected chi connectivity index (χ0v) is 17.0.